The number of thiophene rings is 2. The second-order valence-electron chi connectivity index (χ2n) is 4.20. The Balaban J connectivity index is 2.04. The topological polar surface area (TPSA) is 66.4 Å². The van der Waals surface area contributed by atoms with Crippen molar-refractivity contribution in [3.8, 4) is 0 Å². The van der Waals surface area contributed by atoms with Crippen LogP contribution in [0.25, 0.3) is 6.08 Å². The third-order valence-electron chi connectivity index (χ3n) is 2.66. The Kier molecular flexibility index (Phi) is 5.33. The Morgan fingerprint density at radius 2 is 2.24 bits per heavy atom. The third-order valence-corrected chi connectivity index (χ3v) is 5.79. The maximum absolute atomic E-state index is 12.1. The van der Waals surface area contributed by atoms with E-state index in [-0.39, 0.29) is 5.91 Å². The van der Waals surface area contributed by atoms with E-state index in [0.717, 1.165) is 25.9 Å². The Labute approximate surface area is 138 Å². The lowest BCUT2D eigenvalue weighted by molar-refractivity contribution is -0.131. The van der Waals surface area contributed by atoms with Crippen LogP contribution in [0.4, 0.5) is 0 Å². The number of carbonyl (C=O) groups is 2. The summed E-state index contributed by atoms with van der Waals surface area (Å²) in [7, 11) is 0. The van der Waals surface area contributed by atoms with Crippen LogP contribution in [0, 0.1) is 6.92 Å². The molecule has 2 rings (SSSR count). The average molecular weight is 386 g/mol. The maximum atomic E-state index is 12.1. The maximum Gasteiger partial charge on any atom is 0.328 e. The molecule has 2 aromatic rings. The van der Waals surface area contributed by atoms with Gasteiger partial charge in [-0.2, -0.15) is 0 Å². The van der Waals surface area contributed by atoms with Crippen molar-refractivity contribution in [1.29, 1.82) is 0 Å². The number of hydrogen-bond acceptors (Lipinski definition) is 4. The lowest BCUT2D eigenvalue weighted by Crippen LogP contribution is -2.21. The molecule has 2 heterocycles. The fraction of sp³-hybridized carbons (Fsp3) is 0.143. The van der Waals surface area contributed by atoms with Crippen LogP contribution in [0.15, 0.2) is 28.1 Å². The number of halogens is 1. The largest absolute Gasteiger partial charge is 0.478 e. The minimum absolute atomic E-state index is 0.154. The summed E-state index contributed by atoms with van der Waals surface area (Å²) in [5.74, 6) is -1.16. The highest BCUT2D eigenvalue weighted by Gasteiger charge is 2.12. The summed E-state index contributed by atoms with van der Waals surface area (Å²) in [6.07, 6.45) is 2.58. The Hall–Kier alpha value is -1.44. The highest BCUT2D eigenvalue weighted by molar-refractivity contribution is 9.10. The van der Waals surface area contributed by atoms with Gasteiger partial charge in [-0.15, -0.1) is 22.7 Å². The molecule has 0 spiro atoms. The van der Waals surface area contributed by atoms with Crippen molar-refractivity contribution in [2.24, 2.45) is 0 Å². The van der Waals surface area contributed by atoms with Gasteiger partial charge in [0.25, 0.3) is 5.91 Å². The fourth-order valence-electron chi connectivity index (χ4n) is 1.62. The van der Waals surface area contributed by atoms with Crippen molar-refractivity contribution in [2.45, 2.75) is 13.5 Å². The molecule has 4 nitrogen and oxygen atoms in total. The van der Waals surface area contributed by atoms with E-state index in [1.54, 1.807) is 17.4 Å². The first-order valence-electron chi connectivity index (χ1n) is 5.99. The summed E-state index contributed by atoms with van der Waals surface area (Å²) >= 11 is 6.27. The average Bonchev–Trinajstić information content (AvgIpc) is 3.00. The lowest BCUT2D eigenvalue weighted by atomic mass is 10.2. The second kappa shape index (κ2) is 7.02. The van der Waals surface area contributed by atoms with Crippen molar-refractivity contribution >= 4 is 56.6 Å². The number of aryl methyl sites for hydroxylation is 1. The molecule has 0 saturated heterocycles. The highest BCUT2D eigenvalue weighted by Crippen LogP contribution is 2.25. The molecule has 0 aliphatic heterocycles. The first kappa shape index (κ1) is 15.9. The molecule has 0 bridgehead atoms. The van der Waals surface area contributed by atoms with E-state index < -0.39 is 5.97 Å². The summed E-state index contributed by atoms with van der Waals surface area (Å²) < 4.78 is 0.986. The minimum atomic E-state index is -1.00. The van der Waals surface area contributed by atoms with Crippen LogP contribution in [0.1, 0.15) is 25.0 Å². The van der Waals surface area contributed by atoms with Crippen LogP contribution in [-0.2, 0) is 11.3 Å². The zero-order valence-electron chi connectivity index (χ0n) is 11.1. The molecule has 0 atom stereocenters. The van der Waals surface area contributed by atoms with Crippen LogP contribution in [0.5, 0.6) is 0 Å². The molecule has 0 aliphatic carbocycles. The van der Waals surface area contributed by atoms with Gasteiger partial charge in [-0.1, -0.05) is 0 Å². The molecule has 0 aliphatic rings. The first-order valence-corrected chi connectivity index (χ1v) is 8.48. The molecule has 0 unspecified atom stereocenters. The Morgan fingerprint density at radius 3 is 2.86 bits per heavy atom. The van der Waals surface area contributed by atoms with Gasteiger partial charge in [0.15, 0.2) is 0 Å². The highest BCUT2D eigenvalue weighted by atomic mass is 79.9. The fourth-order valence-corrected chi connectivity index (χ4v) is 4.05. The van der Waals surface area contributed by atoms with Gasteiger partial charge in [-0.05, 0) is 52.0 Å². The summed E-state index contributed by atoms with van der Waals surface area (Å²) in [4.78, 5) is 25.0. The standard InChI is InChI=1S/C14H12BrNO3S2/c1-8-6-11(21-10(8)2-3-13(17)18)14(19)16-7-12-9(15)4-5-20-12/h2-6H,7H2,1H3,(H,16,19)(H,17,18)/b3-2+. The molecular formula is C14H12BrNO3S2. The zero-order valence-corrected chi connectivity index (χ0v) is 14.3. The van der Waals surface area contributed by atoms with Gasteiger partial charge in [-0.25, -0.2) is 4.79 Å². The molecule has 1 amide bonds. The molecule has 0 radical (unpaired) electrons. The number of amides is 1. The van der Waals surface area contributed by atoms with E-state index in [4.69, 9.17) is 5.11 Å². The number of carboxylic acids is 1. The van der Waals surface area contributed by atoms with E-state index in [2.05, 4.69) is 21.2 Å². The van der Waals surface area contributed by atoms with Gasteiger partial charge < -0.3 is 10.4 Å². The van der Waals surface area contributed by atoms with Gasteiger partial charge in [0.2, 0.25) is 0 Å². The van der Waals surface area contributed by atoms with Crippen LogP contribution in [-0.4, -0.2) is 17.0 Å². The lowest BCUT2D eigenvalue weighted by Gasteiger charge is -2.01. The number of carboxylic acid groups (broad SMARTS) is 1. The SMILES string of the molecule is Cc1cc(C(=O)NCc2sccc2Br)sc1/C=C/C(=O)O. The molecule has 7 heteroatoms. The molecule has 2 N–H and O–H groups in total. The van der Waals surface area contributed by atoms with Crippen LogP contribution in [0.2, 0.25) is 0 Å². The number of aliphatic carboxylic acids is 1. The predicted molar refractivity (Wildman–Crippen MR) is 88.9 cm³/mol. The number of rotatable bonds is 5. The number of carbonyl (C=O) groups excluding carboxylic acids is 1. The van der Waals surface area contributed by atoms with Gasteiger partial charge in [-0.3, -0.25) is 4.79 Å². The molecule has 110 valence electrons. The molecule has 2 aromatic heterocycles. The summed E-state index contributed by atoms with van der Waals surface area (Å²) in [6.45, 7) is 2.32. The van der Waals surface area contributed by atoms with E-state index in [9.17, 15) is 9.59 Å². The van der Waals surface area contributed by atoms with Gasteiger partial charge in [0, 0.05) is 20.3 Å². The predicted octanol–water partition coefficient (Wildman–Crippen LogP) is 3.91. The van der Waals surface area contributed by atoms with Crippen molar-refractivity contribution in [3.05, 3.63) is 48.3 Å². The first-order chi connectivity index (χ1) is 9.97. The summed E-state index contributed by atoms with van der Waals surface area (Å²) in [5, 5.41) is 13.4. The van der Waals surface area contributed by atoms with Crippen molar-refractivity contribution in [3.63, 3.8) is 0 Å². The van der Waals surface area contributed by atoms with Crippen molar-refractivity contribution in [1.82, 2.24) is 5.32 Å². The molecule has 21 heavy (non-hydrogen) atoms. The van der Waals surface area contributed by atoms with E-state index in [1.807, 2.05) is 18.4 Å². The van der Waals surface area contributed by atoms with E-state index in [0.29, 0.717) is 11.4 Å². The van der Waals surface area contributed by atoms with Crippen molar-refractivity contribution < 1.29 is 14.7 Å². The van der Waals surface area contributed by atoms with Gasteiger partial charge in [0.05, 0.1) is 11.4 Å². The normalized spacial score (nSPS) is 11.0. The van der Waals surface area contributed by atoms with Crippen LogP contribution >= 0.6 is 38.6 Å². The number of nitrogens with one attached hydrogen (secondary N) is 1. The minimum Gasteiger partial charge on any atom is -0.478 e. The Morgan fingerprint density at radius 1 is 1.48 bits per heavy atom. The quantitative estimate of drug-likeness (QED) is 0.766. The zero-order chi connectivity index (χ0) is 15.4. The van der Waals surface area contributed by atoms with E-state index >= 15 is 0 Å². The van der Waals surface area contributed by atoms with E-state index in [1.165, 1.54) is 17.4 Å². The summed E-state index contributed by atoms with van der Waals surface area (Å²) in [6, 6.07) is 3.71. The number of hydrogen-bond donors (Lipinski definition) is 2. The molecule has 0 aromatic carbocycles. The van der Waals surface area contributed by atoms with Gasteiger partial charge >= 0.3 is 5.97 Å². The molecular weight excluding hydrogens is 374 g/mol. The second-order valence-corrected chi connectivity index (χ2v) is 7.14. The van der Waals surface area contributed by atoms with Crippen LogP contribution in [0.3, 0.4) is 0 Å². The van der Waals surface area contributed by atoms with Gasteiger partial charge in [0.1, 0.15) is 0 Å². The molecule has 0 fully saturated rings. The smallest absolute Gasteiger partial charge is 0.328 e. The monoisotopic (exact) mass is 385 g/mol. The molecule has 0 saturated carbocycles. The summed E-state index contributed by atoms with van der Waals surface area (Å²) in [5.41, 5.74) is 0.889. The van der Waals surface area contributed by atoms with Crippen molar-refractivity contribution in [2.75, 3.05) is 0 Å². The van der Waals surface area contributed by atoms with Crippen LogP contribution < -0.4 is 5.32 Å². The third kappa shape index (κ3) is 4.26. The Bertz CT molecular complexity index is 703.